The van der Waals surface area contributed by atoms with Gasteiger partial charge in [0, 0.05) is 13.1 Å². The molecular weight excluding hydrogens is 352 g/mol. The summed E-state index contributed by atoms with van der Waals surface area (Å²) >= 11 is 0. The molecule has 3 rings (SSSR count). The van der Waals surface area contributed by atoms with Crippen LogP contribution in [0, 0.1) is 6.92 Å². The number of fused-ring (bicyclic) bond motifs is 1. The zero-order valence-corrected chi connectivity index (χ0v) is 16.1. The third kappa shape index (κ3) is 3.03. The van der Waals surface area contributed by atoms with Crippen LogP contribution < -0.4 is 10.5 Å². The summed E-state index contributed by atoms with van der Waals surface area (Å²) in [4.78, 5) is 11.8. The molecule has 6 nitrogen and oxygen atoms in total. The fourth-order valence-electron chi connectivity index (χ4n) is 3.11. The fraction of sp³-hybridized carbons (Fsp3) is 0.316. The number of benzene rings is 2. The van der Waals surface area contributed by atoms with E-state index in [9.17, 15) is 13.2 Å². The smallest absolute Gasteiger partial charge is 0.408 e. The van der Waals surface area contributed by atoms with E-state index in [1.165, 1.54) is 10.6 Å². The summed E-state index contributed by atoms with van der Waals surface area (Å²) in [6, 6.07) is 8.84. The first-order valence-corrected chi connectivity index (χ1v) is 10.0. The maximum Gasteiger partial charge on any atom is 0.419 e. The standard InChI is InChI=1S/C19H22N2O4S/c1-5-13-8-7-9-14(6-2)18(13)20-26(23,24)17-11-16-15(10-12(17)3)21(4)19(22)25-16/h7-11,20H,5-6H2,1-4H3. The lowest BCUT2D eigenvalue weighted by Gasteiger charge is -2.16. The molecule has 1 aromatic heterocycles. The van der Waals surface area contributed by atoms with E-state index in [0.717, 1.165) is 24.0 Å². The first kappa shape index (κ1) is 18.3. The van der Waals surface area contributed by atoms with Crippen molar-refractivity contribution in [1.82, 2.24) is 4.57 Å². The van der Waals surface area contributed by atoms with E-state index in [1.54, 1.807) is 20.0 Å². The van der Waals surface area contributed by atoms with Crippen molar-refractivity contribution in [3.8, 4) is 0 Å². The highest BCUT2D eigenvalue weighted by molar-refractivity contribution is 7.92. The van der Waals surface area contributed by atoms with Gasteiger partial charge in [-0.2, -0.15) is 0 Å². The van der Waals surface area contributed by atoms with Crippen LogP contribution in [0.5, 0.6) is 0 Å². The SMILES string of the molecule is CCc1cccc(CC)c1NS(=O)(=O)c1cc2oc(=O)n(C)c2cc1C. The third-order valence-electron chi connectivity index (χ3n) is 4.61. The Labute approximate surface area is 152 Å². The highest BCUT2D eigenvalue weighted by Gasteiger charge is 2.22. The molecule has 0 fully saturated rings. The molecule has 0 unspecified atom stereocenters. The van der Waals surface area contributed by atoms with Crippen molar-refractivity contribution in [3.05, 3.63) is 57.6 Å². The van der Waals surface area contributed by atoms with Crippen molar-refractivity contribution in [2.45, 2.75) is 38.5 Å². The summed E-state index contributed by atoms with van der Waals surface area (Å²) in [7, 11) is -2.24. The van der Waals surface area contributed by atoms with E-state index < -0.39 is 15.8 Å². The van der Waals surface area contributed by atoms with Crippen molar-refractivity contribution in [1.29, 1.82) is 0 Å². The summed E-state index contributed by atoms with van der Waals surface area (Å²) in [5, 5.41) is 0. The van der Waals surface area contributed by atoms with E-state index in [0.29, 0.717) is 16.8 Å². The number of aryl methyl sites for hydroxylation is 4. The van der Waals surface area contributed by atoms with Crippen LogP contribution in [0.4, 0.5) is 5.69 Å². The number of sulfonamides is 1. The molecule has 0 saturated heterocycles. The van der Waals surface area contributed by atoms with E-state index in [4.69, 9.17) is 4.42 Å². The Hall–Kier alpha value is -2.54. The highest BCUT2D eigenvalue weighted by Crippen LogP contribution is 2.28. The molecule has 3 aromatic rings. The number of aromatic nitrogens is 1. The minimum absolute atomic E-state index is 0.104. The Kier molecular flexibility index (Phi) is 4.66. The Bertz CT molecular complexity index is 1120. The van der Waals surface area contributed by atoms with Gasteiger partial charge in [-0.3, -0.25) is 9.29 Å². The lowest BCUT2D eigenvalue weighted by Crippen LogP contribution is -2.17. The number of nitrogens with zero attached hydrogens (tertiary/aromatic N) is 1. The summed E-state index contributed by atoms with van der Waals surface area (Å²) in [5.41, 5.74) is 3.88. The lowest BCUT2D eigenvalue weighted by atomic mass is 10.0. The number of anilines is 1. The number of rotatable bonds is 5. The monoisotopic (exact) mass is 374 g/mol. The maximum absolute atomic E-state index is 13.1. The van der Waals surface area contributed by atoms with Gasteiger partial charge in [-0.15, -0.1) is 0 Å². The van der Waals surface area contributed by atoms with Crippen molar-refractivity contribution >= 4 is 26.8 Å². The molecule has 7 heteroatoms. The Morgan fingerprint density at radius 3 is 2.31 bits per heavy atom. The van der Waals surface area contributed by atoms with Crippen LogP contribution in [0.1, 0.15) is 30.5 Å². The van der Waals surface area contributed by atoms with E-state index in [2.05, 4.69) is 4.72 Å². The molecule has 0 aliphatic heterocycles. The average Bonchev–Trinajstić information content (AvgIpc) is 2.88. The average molecular weight is 374 g/mol. The quantitative estimate of drug-likeness (QED) is 0.742. The normalized spacial score (nSPS) is 11.8. The molecule has 0 aliphatic carbocycles. The van der Waals surface area contributed by atoms with Crippen LogP contribution in [-0.4, -0.2) is 13.0 Å². The lowest BCUT2D eigenvalue weighted by molar-refractivity contribution is 0.527. The Morgan fingerprint density at radius 1 is 1.12 bits per heavy atom. The Balaban J connectivity index is 2.14. The molecule has 0 spiro atoms. The number of para-hydroxylation sites is 1. The molecular formula is C19H22N2O4S. The second-order valence-electron chi connectivity index (χ2n) is 6.28. The second-order valence-corrected chi connectivity index (χ2v) is 7.93. The highest BCUT2D eigenvalue weighted by atomic mass is 32.2. The van der Waals surface area contributed by atoms with Gasteiger partial charge in [-0.05, 0) is 42.5 Å². The van der Waals surface area contributed by atoms with Crippen LogP contribution in [-0.2, 0) is 29.9 Å². The molecule has 0 atom stereocenters. The molecule has 0 bridgehead atoms. The van der Waals surface area contributed by atoms with Crippen molar-refractivity contribution in [2.24, 2.45) is 7.05 Å². The molecule has 1 heterocycles. The fourth-order valence-corrected chi connectivity index (χ4v) is 4.50. The van der Waals surface area contributed by atoms with Gasteiger partial charge >= 0.3 is 5.76 Å². The van der Waals surface area contributed by atoms with Gasteiger partial charge < -0.3 is 4.42 Å². The second kappa shape index (κ2) is 6.64. The molecule has 26 heavy (non-hydrogen) atoms. The van der Waals surface area contributed by atoms with Gasteiger partial charge in [0.05, 0.1) is 16.1 Å². The van der Waals surface area contributed by atoms with Crippen LogP contribution in [0.15, 0.2) is 44.4 Å². The maximum atomic E-state index is 13.1. The summed E-state index contributed by atoms with van der Waals surface area (Å²) in [5.74, 6) is -0.522. The van der Waals surface area contributed by atoms with Gasteiger partial charge in [0.2, 0.25) is 0 Å². The molecule has 0 amide bonds. The predicted octanol–water partition coefficient (Wildman–Crippen LogP) is 3.37. The molecule has 138 valence electrons. The van der Waals surface area contributed by atoms with Crippen molar-refractivity contribution < 1.29 is 12.8 Å². The van der Waals surface area contributed by atoms with Crippen LogP contribution in [0.2, 0.25) is 0 Å². The molecule has 2 aromatic carbocycles. The molecule has 0 radical (unpaired) electrons. The van der Waals surface area contributed by atoms with Crippen molar-refractivity contribution in [3.63, 3.8) is 0 Å². The molecule has 0 aliphatic rings. The van der Waals surface area contributed by atoms with Gasteiger partial charge in [0.1, 0.15) is 0 Å². The third-order valence-corrected chi connectivity index (χ3v) is 6.11. The first-order chi connectivity index (χ1) is 12.3. The molecule has 0 saturated carbocycles. The van der Waals surface area contributed by atoms with Gasteiger partial charge in [-0.25, -0.2) is 13.2 Å². The molecule has 1 N–H and O–H groups in total. The minimum atomic E-state index is -3.83. The van der Waals surface area contributed by atoms with Crippen molar-refractivity contribution in [2.75, 3.05) is 4.72 Å². The van der Waals surface area contributed by atoms with Crippen LogP contribution in [0.25, 0.3) is 11.1 Å². The first-order valence-electron chi connectivity index (χ1n) is 8.52. The summed E-state index contributed by atoms with van der Waals surface area (Å²) < 4.78 is 35.4. The van der Waals surface area contributed by atoms with Crippen LogP contribution >= 0.6 is 0 Å². The van der Waals surface area contributed by atoms with Crippen LogP contribution in [0.3, 0.4) is 0 Å². The van der Waals surface area contributed by atoms with E-state index in [-0.39, 0.29) is 10.5 Å². The largest absolute Gasteiger partial charge is 0.419 e. The zero-order chi connectivity index (χ0) is 19.1. The number of oxazole rings is 1. The minimum Gasteiger partial charge on any atom is -0.408 e. The number of nitrogens with one attached hydrogen (secondary N) is 1. The number of hydrogen-bond acceptors (Lipinski definition) is 4. The predicted molar refractivity (Wildman–Crippen MR) is 102 cm³/mol. The summed E-state index contributed by atoms with van der Waals surface area (Å²) in [6.45, 7) is 5.68. The van der Waals surface area contributed by atoms with Gasteiger partial charge in [0.25, 0.3) is 10.0 Å². The summed E-state index contributed by atoms with van der Waals surface area (Å²) in [6.07, 6.45) is 1.44. The van der Waals surface area contributed by atoms with Gasteiger partial charge in [0.15, 0.2) is 5.58 Å². The topological polar surface area (TPSA) is 81.3 Å². The van der Waals surface area contributed by atoms with E-state index in [1.807, 2.05) is 32.0 Å². The number of hydrogen-bond donors (Lipinski definition) is 1. The van der Waals surface area contributed by atoms with Gasteiger partial charge in [-0.1, -0.05) is 32.0 Å². The van der Waals surface area contributed by atoms with E-state index >= 15 is 0 Å². The zero-order valence-electron chi connectivity index (χ0n) is 15.3. The Morgan fingerprint density at radius 2 is 1.73 bits per heavy atom.